The summed E-state index contributed by atoms with van der Waals surface area (Å²) in [5.41, 5.74) is 1.23. The van der Waals surface area contributed by atoms with Crippen LogP contribution in [0, 0.1) is 0 Å². The van der Waals surface area contributed by atoms with Gasteiger partial charge in [-0.1, -0.05) is 5.69 Å². The second-order valence-corrected chi connectivity index (χ2v) is 3.20. The van der Waals surface area contributed by atoms with E-state index in [1.807, 2.05) is 67.0 Å². The molecule has 2 heteroatoms. The molecule has 0 atom stereocenters. The van der Waals surface area contributed by atoms with Gasteiger partial charge in [0.25, 0.3) is 0 Å². The second-order valence-electron chi connectivity index (χ2n) is 3.20. The van der Waals surface area contributed by atoms with E-state index in [2.05, 4.69) is 16.7 Å². The first-order valence-corrected chi connectivity index (χ1v) is 4.98. The molecule has 1 heterocycles. The van der Waals surface area contributed by atoms with Gasteiger partial charge in [-0.05, 0) is 12.1 Å². The van der Waals surface area contributed by atoms with Gasteiger partial charge in [0.15, 0.2) is 0 Å². The molecule has 1 aromatic heterocycles. The van der Waals surface area contributed by atoms with Gasteiger partial charge >= 0.3 is 17.1 Å². The Morgan fingerprint density at radius 2 is 1.50 bits per heavy atom. The van der Waals surface area contributed by atoms with Crippen LogP contribution < -0.4 is 0 Å². The molecule has 0 bridgehead atoms. The molecule has 0 saturated heterocycles. The Labute approximate surface area is 107 Å². The molecule has 0 radical (unpaired) electrons. The monoisotopic (exact) mass is 251 g/mol. The molecule has 0 aliphatic rings. The van der Waals surface area contributed by atoms with Crippen LogP contribution in [0.3, 0.4) is 0 Å². The number of hydrogen-bond acceptors (Lipinski definition) is 0. The van der Waals surface area contributed by atoms with Crippen LogP contribution >= 0.6 is 0 Å². The smallest absolute Gasteiger partial charge is 0.348 e. The Hall–Kier alpha value is -1.50. The largest absolute Gasteiger partial charge is 2.00 e. The number of aromatic nitrogens is 1. The first-order valence-electron chi connectivity index (χ1n) is 4.98. The number of nitrogens with zero attached hydrogens (tertiary/aromatic N) is 1. The molecule has 0 N–H and O–H groups in total. The Balaban J connectivity index is 0.000000183. The van der Waals surface area contributed by atoms with Crippen molar-refractivity contribution in [3.63, 3.8) is 0 Å². The fourth-order valence-electron chi connectivity index (χ4n) is 1.36. The Morgan fingerprint density at radius 3 is 1.94 bits per heavy atom. The normalized spacial score (nSPS) is 8.75. The van der Waals surface area contributed by atoms with Crippen LogP contribution in [0.15, 0.2) is 79.1 Å². The fourth-order valence-corrected chi connectivity index (χ4v) is 1.36. The molecular formula is C14H13FeN. The van der Waals surface area contributed by atoms with Crippen LogP contribution in [0.5, 0.6) is 0 Å². The van der Waals surface area contributed by atoms with Crippen LogP contribution in [0.25, 0.3) is 5.69 Å². The number of rotatable bonds is 1. The van der Waals surface area contributed by atoms with Crippen molar-refractivity contribution >= 4 is 0 Å². The van der Waals surface area contributed by atoms with Crippen molar-refractivity contribution in [1.29, 1.82) is 0 Å². The first-order chi connectivity index (χ1) is 7.47. The quantitative estimate of drug-likeness (QED) is 0.460. The summed E-state index contributed by atoms with van der Waals surface area (Å²) in [6.07, 6.45) is 4.07. The maximum atomic E-state index is 2.08. The molecule has 1 nitrogen and oxygen atoms in total. The zero-order valence-corrected chi connectivity index (χ0v) is 9.91. The molecule has 0 aliphatic heterocycles. The second kappa shape index (κ2) is 6.89. The maximum Gasteiger partial charge on any atom is 2.00 e. The number of hydrogen-bond donors (Lipinski definition) is 0. The third kappa shape index (κ3) is 3.58. The van der Waals surface area contributed by atoms with Crippen molar-refractivity contribution in [2.24, 2.45) is 0 Å². The summed E-state index contributed by atoms with van der Waals surface area (Å²) in [4.78, 5) is 0. The van der Waals surface area contributed by atoms with E-state index in [0.717, 1.165) is 0 Å². The topological polar surface area (TPSA) is 4.93 Å². The van der Waals surface area contributed by atoms with Crippen LogP contribution in [0.1, 0.15) is 0 Å². The molecule has 3 aromatic rings. The molecule has 0 fully saturated rings. The summed E-state index contributed by atoms with van der Waals surface area (Å²) in [6, 6.07) is 22.3. The fraction of sp³-hybridized carbons (Fsp3) is 0. The molecular weight excluding hydrogens is 238 g/mol. The third-order valence-corrected chi connectivity index (χ3v) is 2.10. The molecule has 16 heavy (non-hydrogen) atoms. The molecule has 3 rings (SSSR count). The first kappa shape index (κ1) is 12.6. The van der Waals surface area contributed by atoms with E-state index in [1.54, 1.807) is 0 Å². The molecule has 0 saturated carbocycles. The zero-order chi connectivity index (χ0) is 10.3. The van der Waals surface area contributed by atoms with E-state index in [4.69, 9.17) is 0 Å². The van der Waals surface area contributed by atoms with Gasteiger partial charge in [-0.25, -0.2) is 18.2 Å². The van der Waals surface area contributed by atoms with Crippen molar-refractivity contribution in [2.75, 3.05) is 0 Å². The summed E-state index contributed by atoms with van der Waals surface area (Å²) in [7, 11) is 0. The predicted molar refractivity (Wildman–Crippen MR) is 63.4 cm³/mol. The Morgan fingerprint density at radius 1 is 0.812 bits per heavy atom. The van der Waals surface area contributed by atoms with Gasteiger partial charge in [0.2, 0.25) is 0 Å². The summed E-state index contributed by atoms with van der Waals surface area (Å²) in [5, 5.41) is 0. The van der Waals surface area contributed by atoms with E-state index in [9.17, 15) is 0 Å². The van der Waals surface area contributed by atoms with Crippen LogP contribution in [-0.4, -0.2) is 4.57 Å². The van der Waals surface area contributed by atoms with E-state index in [0.29, 0.717) is 0 Å². The van der Waals surface area contributed by atoms with Crippen LogP contribution in [0.2, 0.25) is 0 Å². The van der Waals surface area contributed by atoms with Crippen LogP contribution in [-0.2, 0) is 17.1 Å². The Kier molecular flexibility index (Phi) is 5.41. The van der Waals surface area contributed by atoms with E-state index < -0.39 is 0 Å². The molecule has 0 spiro atoms. The minimum Gasteiger partial charge on any atom is -0.348 e. The summed E-state index contributed by atoms with van der Waals surface area (Å²) in [5.74, 6) is 0. The summed E-state index contributed by atoms with van der Waals surface area (Å²) >= 11 is 0. The SMILES string of the molecule is [Fe+2].c1c[cH-]c(-n2cccc2)c1.c1cc[cH-]c1. The van der Waals surface area contributed by atoms with Crippen molar-refractivity contribution < 1.29 is 17.1 Å². The molecule has 82 valence electrons. The van der Waals surface area contributed by atoms with Crippen molar-refractivity contribution in [3.05, 3.63) is 79.1 Å². The van der Waals surface area contributed by atoms with Gasteiger partial charge < -0.3 is 4.57 Å². The van der Waals surface area contributed by atoms with Crippen molar-refractivity contribution in [3.8, 4) is 5.69 Å². The predicted octanol–water partition coefficient (Wildman–Crippen LogP) is 3.60. The van der Waals surface area contributed by atoms with E-state index in [1.165, 1.54) is 5.69 Å². The van der Waals surface area contributed by atoms with E-state index in [-0.39, 0.29) is 17.1 Å². The zero-order valence-electron chi connectivity index (χ0n) is 8.81. The van der Waals surface area contributed by atoms with E-state index >= 15 is 0 Å². The van der Waals surface area contributed by atoms with Crippen molar-refractivity contribution in [2.45, 2.75) is 0 Å². The van der Waals surface area contributed by atoms with Gasteiger partial charge in [0.1, 0.15) is 0 Å². The summed E-state index contributed by atoms with van der Waals surface area (Å²) < 4.78 is 2.08. The molecule has 2 aromatic carbocycles. The maximum absolute atomic E-state index is 2.08. The standard InChI is InChI=1S/C9H8N.C5H5.Fe/c1-2-6-9(5-1)10-7-3-4-8-10;1-2-4-5-3-1;/h1-8H;1-5H;/q2*-1;+2. The minimum atomic E-state index is 0. The minimum absolute atomic E-state index is 0. The van der Waals surface area contributed by atoms with Gasteiger partial charge in [0, 0.05) is 12.4 Å². The van der Waals surface area contributed by atoms with Crippen molar-refractivity contribution in [1.82, 2.24) is 4.57 Å². The molecule has 0 unspecified atom stereocenters. The Bertz CT molecular complexity index is 385. The molecule has 0 aliphatic carbocycles. The van der Waals surface area contributed by atoms with Gasteiger partial charge in [-0.15, -0.1) is 6.07 Å². The molecule has 0 amide bonds. The summed E-state index contributed by atoms with van der Waals surface area (Å²) in [6.45, 7) is 0. The van der Waals surface area contributed by atoms with Crippen LogP contribution in [0.4, 0.5) is 0 Å². The van der Waals surface area contributed by atoms with Gasteiger partial charge in [-0.2, -0.15) is 30.3 Å². The van der Waals surface area contributed by atoms with Gasteiger partial charge in [-0.3, -0.25) is 0 Å². The average molecular weight is 251 g/mol. The van der Waals surface area contributed by atoms with Gasteiger partial charge in [0.05, 0.1) is 0 Å². The average Bonchev–Trinajstić information content (AvgIpc) is 3.06. The third-order valence-electron chi connectivity index (χ3n) is 2.10.